The zero-order valence-corrected chi connectivity index (χ0v) is 37.3. The summed E-state index contributed by atoms with van der Waals surface area (Å²) in [4.78, 5) is 26.0. The summed E-state index contributed by atoms with van der Waals surface area (Å²) in [6, 6.07) is -0.690. The average Bonchev–Trinajstić information content (AvgIpc) is 3.18. The Kier molecular flexibility index (Phi) is 43.1. The fraction of sp³-hybridized carbons (Fsp3) is 0.959. The molecule has 0 aliphatic carbocycles. The van der Waals surface area contributed by atoms with Crippen LogP contribution in [0.25, 0.3) is 0 Å². The first-order valence-corrected chi connectivity index (χ1v) is 24.8. The first kappa shape index (κ1) is 53.9. The monoisotopic (exact) mass is 780 g/mol. The molecule has 1 amide bonds. The van der Waals surface area contributed by atoms with Crippen LogP contribution in [0.5, 0.6) is 0 Å². The van der Waals surface area contributed by atoms with Crippen molar-refractivity contribution in [3.05, 3.63) is 0 Å². The van der Waals surface area contributed by atoms with Crippen molar-refractivity contribution < 1.29 is 24.5 Å². The minimum Gasteiger partial charge on any atom is -0.462 e. The number of carbonyl (C=O) groups is 2. The van der Waals surface area contributed by atoms with Gasteiger partial charge in [0.2, 0.25) is 5.91 Å². The van der Waals surface area contributed by atoms with Crippen LogP contribution < -0.4 is 5.32 Å². The highest BCUT2D eigenvalue weighted by Gasteiger charge is 2.24. The third-order valence-electron chi connectivity index (χ3n) is 11.7. The number of amides is 1. The van der Waals surface area contributed by atoms with Gasteiger partial charge in [-0.1, -0.05) is 239 Å². The summed E-state index contributed by atoms with van der Waals surface area (Å²) in [6.45, 7) is 6.49. The lowest BCUT2D eigenvalue weighted by Crippen LogP contribution is -2.46. The quantitative estimate of drug-likeness (QED) is 0.0422. The van der Waals surface area contributed by atoms with Gasteiger partial charge < -0.3 is 20.3 Å². The number of ether oxygens (including phenoxy) is 1. The van der Waals surface area contributed by atoms with Crippen molar-refractivity contribution in [1.82, 2.24) is 5.32 Å². The van der Waals surface area contributed by atoms with Crippen LogP contribution in [0.4, 0.5) is 0 Å². The number of carbonyl (C=O) groups excluding carboxylic acids is 2. The van der Waals surface area contributed by atoms with E-state index in [-0.39, 0.29) is 24.9 Å². The van der Waals surface area contributed by atoms with Gasteiger partial charge in [-0.05, 0) is 25.7 Å². The van der Waals surface area contributed by atoms with Crippen LogP contribution in [-0.4, -0.2) is 46.9 Å². The van der Waals surface area contributed by atoms with E-state index in [1.807, 2.05) is 0 Å². The third kappa shape index (κ3) is 39.5. The van der Waals surface area contributed by atoms with Crippen molar-refractivity contribution in [2.45, 2.75) is 296 Å². The lowest BCUT2D eigenvalue weighted by molar-refractivity contribution is -0.151. The Morgan fingerprint density at radius 2 is 0.764 bits per heavy atom. The SMILES string of the molecule is CCCCCCCCCCCCCCCC(=O)OC(CCCCCCCCCCCCCCC)CC(=O)NC(CO)C(O)CCCCCCCCCCCC. The Bertz CT molecular complexity index is 791. The molecule has 0 saturated heterocycles. The highest BCUT2D eigenvalue weighted by atomic mass is 16.5. The summed E-state index contributed by atoms with van der Waals surface area (Å²) in [5.41, 5.74) is 0. The number of hydrogen-bond acceptors (Lipinski definition) is 5. The van der Waals surface area contributed by atoms with E-state index in [1.54, 1.807) is 0 Å². The normalized spacial score (nSPS) is 13.2. The molecule has 0 saturated carbocycles. The number of unbranched alkanes of at least 4 members (excludes halogenated alkanes) is 33. The van der Waals surface area contributed by atoms with Crippen LogP contribution >= 0.6 is 0 Å². The summed E-state index contributed by atoms with van der Waals surface area (Å²) in [5.74, 6) is -0.454. The molecule has 6 heteroatoms. The molecular weight excluding hydrogens is 683 g/mol. The van der Waals surface area contributed by atoms with Gasteiger partial charge in [0.25, 0.3) is 0 Å². The van der Waals surface area contributed by atoms with Gasteiger partial charge in [0.05, 0.1) is 25.2 Å². The maximum absolute atomic E-state index is 13.1. The molecule has 0 aliphatic heterocycles. The molecule has 0 spiro atoms. The van der Waals surface area contributed by atoms with Gasteiger partial charge in [0, 0.05) is 6.42 Å². The molecule has 0 radical (unpaired) electrons. The van der Waals surface area contributed by atoms with Crippen molar-refractivity contribution >= 4 is 11.9 Å². The van der Waals surface area contributed by atoms with Gasteiger partial charge >= 0.3 is 5.97 Å². The lowest BCUT2D eigenvalue weighted by Gasteiger charge is -2.24. The molecule has 6 nitrogen and oxygen atoms in total. The molecule has 0 bridgehead atoms. The largest absolute Gasteiger partial charge is 0.462 e. The predicted octanol–water partition coefficient (Wildman–Crippen LogP) is 14.4. The van der Waals surface area contributed by atoms with Crippen molar-refractivity contribution in [2.75, 3.05) is 6.61 Å². The van der Waals surface area contributed by atoms with E-state index >= 15 is 0 Å². The molecule has 0 fully saturated rings. The van der Waals surface area contributed by atoms with E-state index in [0.717, 1.165) is 38.5 Å². The maximum Gasteiger partial charge on any atom is 0.306 e. The Morgan fingerprint density at radius 3 is 1.11 bits per heavy atom. The summed E-state index contributed by atoms with van der Waals surface area (Å²) in [7, 11) is 0. The topological polar surface area (TPSA) is 95.9 Å². The summed E-state index contributed by atoms with van der Waals surface area (Å²) < 4.78 is 5.93. The molecule has 3 unspecified atom stereocenters. The van der Waals surface area contributed by atoms with Gasteiger partial charge in [-0.25, -0.2) is 0 Å². The van der Waals surface area contributed by atoms with Crippen molar-refractivity contribution in [3.8, 4) is 0 Å². The minimum absolute atomic E-state index is 0.0874. The van der Waals surface area contributed by atoms with Crippen LogP contribution in [0.1, 0.15) is 278 Å². The standard InChI is InChI=1S/C49H97NO5/c1-4-7-10-13-16-19-22-24-26-28-31-34-37-40-45(55-49(54)42-39-36-33-30-27-25-23-20-17-14-11-8-5-2)43-48(53)50-46(44-51)47(52)41-38-35-32-29-21-18-15-12-9-6-3/h45-47,51-52H,4-44H2,1-3H3,(H,50,53). The van der Waals surface area contributed by atoms with Crippen LogP contribution in [-0.2, 0) is 14.3 Å². The van der Waals surface area contributed by atoms with Crippen LogP contribution in [0.2, 0.25) is 0 Å². The Morgan fingerprint density at radius 1 is 0.455 bits per heavy atom. The highest BCUT2D eigenvalue weighted by molar-refractivity contribution is 5.77. The van der Waals surface area contributed by atoms with Crippen molar-refractivity contribution in [3.63, 3.8) is 0 Å². The van der Waals surface area contributed by atoms with Gasteiger partial charge in [-0.2, -0.15) is 0 Å². The molecule has 55 heavy (non-hydrogen) atoms. The summed E-state index contributed by atoms with van der Waals surface area (Å²) >= 11 is 0. The molecule has 0 aliphatic rings. The second-order valence-corrected chi connectivity index (χ2v) is 17.2. The molecule has 328 valence electrons. The predicted molar refractivity (Wildman–Crippen MR) is 237 cm³/mol. The first-order valence-electron chi connectivity index (χ1n) is 24.8. The number of rotatable bonds is 45. The van der Waals surface area contributed by atoms with Crippen LogP contribution in [0.15, 0.2) is 0 Å². The van der Waals surface area contributed by atoms with Crippen LogP contribution in [0.3, 0.4) is 0 Å². The Hall–Kier alpha value is -1.14. The number of hydrogen-bond donors (Lipinski definition) is 3. The van der Waals surface area contributed by atoms with E-state index in [9.17, 15) is 19.8 Å². The molecule has 0 aromatic carbocycles. The van der Waals surface area contributed by atoms with Crippen LogP contribution in [0, 0.1) is 0 Å². The zero-order valence-electron chi connectivity index (χ0n) is 37.3. The number of nitrogens with one attached hydrogen (secondary N) is 1. The molecule has 0 aromatic rings. The molecular formula is C49H97NO5. The zero-order chi connectivity index (χ0) is 40.3. The molecule has 3 N–H and O–H groups in total. The Balaban J connectivity index is 4.53. The summed E-state index contributed by atoms with van der Waals surface area (Å²) in [5, 5.41) is 23.7. The van der Waals surface area contributed by atoms with Gasteiger partial charge in [-0.3, -0.25) is 9.59 Å². The Labute approximate surface area is 343 Å². The third-order valence-corrected chi connectivity index (χ3v) is 11.7. The lowest BCUT2D eigenvalue weighted by atomic mass is 10.0. The number of aliphatic hydroxyl groups is 2. The maximum atomic E-state index is 13.1. The second kappa shape index (κ2) is 44.0. The van der Waals surface area contributed by atoms with E-state index in [1.165, 1.54) is 193 Å². The smallest absolute Gasteiger partial charge is 0.306 e. The number of aliphatic hydroxyl groups excluding tert-OH is 2. The van der Waals surface area contributed by atoms with Crippen molar-refractivity contribution in [1.29, 1.82) is 0 Å². The number of esters is 1. The van der Waals surface area contributed by atoms with Gasteiger partial charge in [0.15, 0.2) is 0 Å². The molecule has 3 atom stereocenters. The first-order chi connectivity index (χ1) is 27.0. The molecule has 0 aromatic heterocycles. The van der Waals surface area contributed by atoms with E-state index < -0.39 is 18.2 Å². The second-order valence-electron chi connectivity index (χ2n) is 17.2. The minimum atomic E-state index is -0.777. The van der Waals surface area contributed by atoms with Gasteiger partial charge in [0.1, 0.15) is 6.10 Å². The highest BCUT2D eigenvalue weighted by Crippen LogP contribution is 2.18. The van der Waals surface area contributed by atoms with E-state index in [2.05, 4.69) is 26.1 Å². The fourth-order valence-electron chi connectivity index (χ4n) is 7.90. The average molecular weight is 780 g/mol. The fourth-order valence-corrected chi connectivity index (χ4v) is 7.90. The van der Waals surface area contributed by atoms with E-state index in [0.29, 0.717) is 19.3 Å². The molecule has 0 heterocycles. The summed E-state index contributed by atoms with van der Waals surface area (Å²) in [6.07, 6.45) is 45.9. The van der Waals surface area contributed by atoms with Crippen molar-refractivity contribution in [2.24, 2.45) is 0 Å². The molecule has 0 rings (SSSR count). The van der Waals surface area contributed by atoms with E-state index in [4.69, 9.17) is 4.74 Å². The van der Waals surface area contributed by atoms with Gasteiger partial charge in [-0.15, -0.1) is 0 Å².